The molecular weight excluding hydrogens is 285 g/mol. The third kappa shape index (κ3) is 2.78. The number of benzene rings is 2. The largest absolute Gasteiger partial charge is 0.393 e. The first kappa shape index (κ1) is 13.7. The molecule has 0 amide bonds. The molecule has 0 unspecified atom stereocenters. The van der Waals surface area contributed by atoms with Crippen molar-refractivity contribution in [3.8, 4) is 11.4 Å². The molecule has 0 radical (unpaired) electrons. The fraction of sp³-hybridized carbons (Fsp3) is 0.125. The van der Waals surface area contributed by atoms with Crippen LogP contribution in [0.4, 0.5) is 4.39 Å². The van der Waals surface area contributed by atoms with Crippen LogP contribution < -0.4 is 5.73 Å². The molecule has 5 heteroatoms. The van der Waals surface area contributed by atoms with E-state index in [2.05, 4.69) is 9.55 Å². The van der Waals surface area contributed by atoms with Gasteiger partial charge in [0.15, 0.2) is 0 Å². The molecule has 0 aliphatic heterocycles. The smallest absolute Gasteiger partial charge is 0.141 e. The first-order valence-electron chi connectivity index (χ1n) is 6.64. The molecule has 106 valence electrons. The molecule has 0 saturated carbocycles. The maximum absolute atomic E-state index is 13.1. The number of nitrogens with two attached hydrogens (primary N) is 1. The Labute approximate surface area is 127 Å². The van der Waals surface area contributed by atoms with Crippen LogP contribution in [0.3, 0.4) is 0 Å². The average molecular weight is 299 g/mol. The van der Waals surface area contributed by atoms with E-state index in [9.17, 15) is 4.39 Å². The number of aromatic nitrogens is 2. The first-order chi connectivity index (χ1) is 10.1. The summed E-state index contributed by atoms with van der Waals surface area (Å²) in [7, 11) is 0. The molecule has 2 aromatic carbocycles. The molecule has 1 aromatic heterocycles. The fourth-order valence-corrected chi connectivity index (χ4v) is 2.43. The highest BCUT2D eigenvalue weighted by Crippen LogP contribution is 2.25. The summed E-state index contributed by atoms with van der Waals surface area (Å²) in [5.74, 6) is 0.539. The zero-order valence-corrected chi connectivity index (χ0v) is 12.1. The van der Waals surface area contributed by atoms with Gasteiger partial charge in [0.2, 0.25) is 0 Å². The fourth-order valence-electron chi connectivity index (χ4n) is 2.34. The van der Waals surface area contributed by atoms with Crippen LogP contribution in [0, 0.1) is 5.82 Å². The Bertz CT molecular complexity index is 793. The number of imidazole rings is 1. The van der Waals surface area contributed by atoms with Crippen LogP contribution >= 0.6 is 12.2 Å². The van der Waals surface area contributed by atoms with Crippen molar-refractivity contribution >= 4 is 28.2 Å². The molecule has 0 fully saturated rings. The molecule has 0 atom stereocenters. The highest BCUT2D eigenvalue weighted by atomic mass is 32.1. The zero-order chi connectivity index (χ0) is 14.8. The molecule has 0 saturated heterocycles. The van der Waals surface area contributed by atoms with E-state index in [1.165, 1.54) is 12.1 Å². The molecule has 0 aliphatic rings. The molecule has 2 N–H and O–H groups in total. The second-order valence-electron chi connectivity index (χ2n) is 4.80. The number of halogens is 1. The summed E-state index contributed by atoms with van der Waals surface area (Å²) < 4.78 is 15.2. The van der Waals surface area contributed by atoms with E-state index in [4.69, 9.17) is 18.0 Å². The Kier molecular flexibility index (Phi) is 3.66. The predicted molar refractivity (Wildman–Crippen MR) is 86.5 cm³/mol. The molecule has 1 heterocycles. The lowest BCUT2D eigenvalue weighted by atomic mass is 10.2. The molecule has 3 aromatic rings. The summed E-state index contributed by atoms with van der Waals surface area (Å²) in [6, 6.07) is 14.2. The van der Waals surface area contributed by atoms with E-state index in [1.54, 1.807) is 12.1 Å². The van der Waals surface area contributed by atoms with Gasteiger partial charge in [-0.15, -0.1) is 0 Å². The minimum Gasteiger partial charge on any atom is -0.393 e. The number of rotatable bonds is 4. The van der Waals surface area contributed by atoms with Crippen LogP contribution in [0.25, 0.3) is 22.4 Å². The van der Waals surface area contributed by atoms with Gasteiger partial charge in [-0.3, -0.25) is 0 Å². The Morgan fingerprint density at radius 3 is 2.57 bits per heavy atom. The van der Waals surface area contributed by atoms with E-state index in [-0.39, 0.29) is 5.82 Å². The summed E-state index contributed by atoms with van der Waals surface area (Å²) in [6.07, 6.45) is 0.601. The van der Waals surface area contributed by atoms with Crippen molar-refractivity contribution in [2.24, 2.45) is 5.73 Å². The number of aryl methyl sites for hydroxylation is 1. The molecule has 0 aliphatic carbocycles. The maximum atomic E-state index is 13.1. The van der Waals surface area contributed by atoms with E-state index in [1.807, 2.05) is 24.3 Å². The molecule has 3 rings (SSSR count). The van der Waals surface area contributed by atoms with E-state index in [0.717, 1.165) is 22.4 Å². The van der Waals surface area contributed by atoms with E-state index in [0.29, 0.717) is 18.0 Å². The lowest BCUT2D eigenvalue weighted by molar-refractivity contribution is 0.628. The summed E-state index contributed by atoms with van der Waals surface area (Å²) in [5.41, 5.74) is 8.40. The normalized spacial score (nSPS) is 10.9. The van der Waals surface area contributed by atoms with Crippen LogP contribution in [0.5, 0.6) is 0 Å². The standard InChI is InChI=1S/C16H14FN3S/c17-12-7-5-11(6-8-12)16-19-13-3-1-2-4-14(13)20(16)10-9-15(18)21/h1-8H,9-10H2,(H2,18,21). The van der Waals surface area contributed by atoms with Crippen molar-refractivity contribution in [1.82, 2.24) is 9.55 Å². The number of nitrogens with zero attached hydrogens (tertiary/aromatic N) is 2. The quantitative estimate of drug-likeness (QED) is 0.750. The van der Waals surface area contributed by atoms with Crippen molar-refractivity contribution in [2.75, 3.05) is 0 Å². The number of fused-ring (bicyclic) bond motifs is 1. The Morgan fingerprint density at radius 2 is 1.86 bits per heavy atom. The molecule has 3 nitrogen and oxygen atoms in total. The van der Waals surface area contributed by atoms with Gasteiger partial charge in [-0.05, 0) is 36.4 Å². The zero-order valence-electron chi connectivity index (χ0n) is 11.3. The minimum atomic E-state index is -0.260. The number of hydrogen-bond acceptors (Lipinski definition) is 2. The van der Waals surface area contributed by atoms with E-state index < -0.39 is 0 Å². The van der Waals surface area contributed by atoms with Crippen molar-refractivity contribution in [3.05, 3.63) is 54.3 Å². The summed E-state index contributed by atoms with van der Waals surface area (Å²) >= 11 is 4.96. The van der Waals surface area contributed by atoms with Crippen LogP contribution in [0.15, 0.2) is 48.5 Å². The van der Waals surface area contributed by atoms with Gasteiger partial charge in [-0.2, -0.15) is 0 Å². The van der Waals surface area contributed by atoms with Crippen molar-refractivity contribution < 1.29 is 4.39 Å². The van der Waals surface area contributed by atoms with Gasteiger partial charge in [-0.25, -0.2) is 9.37 Å². The van der Waals surface area contributed by atoms with Crippen molar-refractivity contribution in [2.45, 2.75) is 13.0 Å². The van der Waals surface area contributed by atoms with E-state index >= 15 is 0 Å². The van der Waals surface area contributed by atoms with Gasteiger partial charge in [0.25, 0.3) is 0 Å². The lowest BCUT2D eigenvalue weighted by Gasteiger charge is -2.08. The van der Waals surface area contributed by atoms with Gasteiger partial charge in [0.1, 0.15) is 11.6 Å². The van der Waals surface area contributed by atoms with Gasteiger partial charge in [-0.1, -0.05) is 24.4 Å². The van der Waals surface area contributed by atoms with Crippen LogP contribution in [-0.2, 0) is 6.54 Å². The number of para-hydroxylation sites is 2. The predicted octanol–water partition coefficient (Wildman–Crippen LogP) is 3.52. The second kappa shape index (κ2) is 5.61. The highest BCUT2D eigenvalue weighted by Gasteiger charge is 2.12. The summed E-state index contributed by atoms with van der Waals surface area (Å²) in [5, 5.41) is 0. The van der Waals surface area contributed by atoms with Crippen LogP contribution in [-0.4, -0.2) is 14.5 Å². The van der Waals surface area contributed by atoms with Gasteiger partial charge >= 0.3 is 0 Å². The SMILES string of the molecule is NC(=S)CCn1c(-c2ccc(F)cc2)nc2ccccc21. The third-order valence-corrected chi connectivity index (χ3v) is 3.54. The van der Waals surface area contributed by atoms with Crippen molar-refractivity contribution in [1.29, 1.82) is 0 Å². The second-order valence-corrected chi connectivity index (χ2v) is 5.32. The minimum absolute atomic E-state index is 0.260. The Morgan fingerprint density at radius 1 is 1.14 bits per heavy atom. The molecule has 0 bridgehead atoms. The number of hydrogen-bond donors (Lipinski definition) is 1. The topological polar surface area (TPSA) is 43.8 Å². The van der Waals surface area contributed by atoms with Crippen LogP contribution in [0.1, 0.15) is 6.42 Å². The number of thiocarbonyl (C=S) groups is 1. The van der Waals surface area contributed by atoms with Gasteiger partial charge in [0, 0.05) is 18.5 Å². The molecule has 21 heavy (non-hydrogen) atoms. The Balaban J connectivity index is 2.13. The highest BCUT2D eigenvalue weighted by molar-refractivity contribution is 7.80. The molecular formula is C16H14FN3S. The summed E-state index contributed by atoms with van der Waals surface area (Å²) in [4.78, 5) is 5.12. The third-order valence-electron chi connectivity index (χ3n) is 3.34. The summed E-state index contributed by atoms with van der Waals surface area (Å²) in [6.45, 7) is 0.655. The van der Waals surface area contributed by atoms with Gasteiger partial charge < -0.3 is 10.3 Å². The van der Waals surface area contributed by atoms with Crippen molar-refractivity contribution in [3.63, 3.8) is 0 Å². The average Bonchev–Trinajstić information content (AvgIpc) is 2.84. The lowest BCUT2D eigenvalue weighted by Crippen LogP contribution is -2.12. The van der Waals surface area contributed by atoms with Crippen LogP contribution in [0.2, 0.25) is 0 Å². The monoisotopic (exact) mass is 299 g/mol. The maximum Gasteiger partial charge on any atom is 0.141 e. The Hall–Kier alpha value is -2.27. The molecule has 0 spiro atoms. The first-order valence-corrected chi connectivity index (χ1v) is 7.05. The van der Waals surface area contributed by atoms with Gasteiger partial charge in [0.05, 0.1) is 16.0 Å².